The molecule has 2 aromatic heterocycles. The molecule has 0 saturated heterocycles. The van der Waals surface area contributed by atoms with Gasteiger partial charge in [-0.15, -0.1) is 0 Å². The van der Waals surface area contributed by atoms with Gasteiger partial charge in [0.2, 0.25) is 5.88 Å². The lowest BCUT2D eigenvalue weighted by atomic mass is 10.1. The summed E-state index contributed by atoms with van der Waals surface area (Å²) in [5.41, 5.74) is 2.39. The van der Waals surface area contributed by atoms with E-state index < -0.39 is 0 Å². The average molecular weight is 301 g/mol. The van der Waals surface area contributed by atoms with E-state index in [2.05, 4.69) is 9.97 Å². The molecule has 1 aromatic carbocycles. The molecule has 0 atom stereocenters. The molecular formula is C16H13ClN2O2. The smallest absolute Gasteiger partial charge is 0.214 e. The first kappa shape index (κ1) is 13.6. The normalized spacial score (nSPS) is 10.6. The first-order valence-corrected chi connectivity index (χ1v) is 6.75. The van der Waals surface area contributed by atoms with E-state index in [1.54, 1.807) is 20.4 Å². The van der Waals surface area contributed by atoms with Crippen molar-refractivity contribution < 1.29 is 9.47 Å². The third-order valence-corrected chi connectivity index (χ3v) is 3.60. The Labute approximate surface area is 127 Å². The van der Waals surface area contributed by atoms with E-state index in [0.29, 0.717) is 22.2 Å². The minimum atomic E-state index is 0.464. The van der Waals surface area contributed by atoms with Gasteiger partial charge in [-0.25, -0.2) is 4.98 Å². The maximum atomic E-state index is 6.37. The summed E-state index contributed by atoms with van der Waals surface area (Å²) in [5.74, 6) is 1.06. The van der Waals surface area contributed by atoms with Crippen molar-refractivity contribution >= 4 is 22.5 Å². The zero-order valence-corrected chi connectivity index (χ0v) is 12.4. The second kappa shape index (κ2) is 5.58. The summed E-state index contributed by atoms with van der Waals surface area (Å²) in [4.78, 5) is 8.82. The second-order valence-corrected chi connectivity index (χ2v) is 4.78. The van der Waals surface area contributed by atoms with Crippen LogP contribution in [0.5, 0.6) is 11.6 Å². The van der Waals surface area contributed by atoms with Crippen molar-refractivity contribution in [2.24, 2.45) is 0 Å². The topological polar surface area (TPSA) is 44.2 Å². The van der Waals surface area contributed by atoms with Gasteiger partial charge in [0.1, 0.15) is 10.8 Å². The predicted molar refractivity (Wildman–Crippen MR) is 83.1 cm³/mol. The van der Waals surface area contributed by atoms with Gasteiger partial charge in [0, 0.05) is 23.2 Å². The van der Waals surface area contributed by atoms with Crippen LogP contribution in [0, 0.1) is 0 Å². The molecule has 0 aliphatic heterocycles. The Morgan fingerprint density at radius 3 is 2.57 bits per heavy atom. The number of pyridine rings is 2. The summed E-state index contributed by atoms with van der Waals surface area (Å²) in [6.45, 7) is 0. The van der Waals surface area contributed by atoms with Gasteiger partial charge in [0.05, 0.1) is 25.4 Å². The molecule has 2 heterocycles. The number of hydrogen-bond acceptors (Lipinski definition) is 4. The fourth-order valence-corrected chi connectivity index (χ4v) is 2.50. The molecule has 4 nitrogen and oxygen atoms in total. The Hall–Kier alpha value is -2.33. The van der Waals surface area contributed by atoms with E-state index in [4.69, 9.17) is 21.1 Å². The monoisotopic (exact) mass is 300 g/mol. The molecule has 0 spiro atoms. The van der Waals surface area contributed by atoms with E-state index in [-0.39, 0.29) is 0 Å². The highest BCUT2D eigenvalue weighted by Gasteiger charge is 2.14. The quantitative estimate of drug-likeness (QED) is 0.734. The Morgan fingerprint density at radius 1 is 1.05 bits per heavy atom. The minimum absolute atomic E-state index is 0.464. The highest BCUT2D eigenvalue weighted by atomic mass is 35.5. The Bertz CT molecular complexity index is 791. The number of rotatable bonds is 3. The fraction of sp³-hybridized carbons (Fsp3) is 0.125. The van der Waals surface area contributed by atoms with Crippen LogP contribution in [-0.4, -0.2) is 24.2 Å². The summed E-state index contributed by atoms with van der Waals surface area (Å²) in [7, 11) is 3.15. The molecule has 0 amide bonds. The molecule has 0 aliphatic rings. The SMILES string of the molecule is COc1cc(-c2ccccn2)c2ccc(OC)c(Cl)c2n1. The third-order valence-electron chi connectivity index (χ3n) is 3.23. The molecule has 0 bridgehead atoms. The Morgan fingerprint density at radius 2 is 1.90 bits per heavy atom. The van der Waals surface area contributed by atoms with Crippen LogP contribution in [0.15, 0.2) is 42.6 Å². The molecule has 3 rings (SSSR count). The van der Waals surface area contributed by atoms with Gasteiger partial charge in [-0.3, -0.25) is 4.98 Å². The lowest BCUT2D eigenvalue weighted by Gasteiger charge is -2.11. The predicted octanol–water partition coefficient (Wildman–Crippen LogP) is 3.97. The van der Waals surface area contributed by atoms with Crippen molar-refractivity contribution in [2.45, 2.75) is 0 Å². The minimum Gasteiger partial charge on any atom is -0.495 e. The average Bonchev–Trinajstić information content (AvgIpc) is 2.55. The number of aromatic nitrogens is 2. The van der Waals surface area contributed by atoms with E-state index in [1.165, 1.54) is 0 Å². The van der Waals surface area contributed by atoms with Crippen LogP contribution in [0.25, 0.3) is 22.2 Å². The van der Waals surface area contributed by atoms with Crippen LogP contribution >= 0.6 is 11.6 Å². The number of methoxy groups -OCH3 is 2. The molecule has 0 saturated carbocycles. The van der Waals surface area contributed by atoms with Gasteiger partial charge in [0.15, 0.2) is 0 Å². The van der Waals surface area contributed by atoms with Crippen molar-refractivity contribution in [1.82, 2.24) is 9.97 Å². The first-order chi connectivity index (χ1) is 10.2. The van der Waals surface area contributed by atoms with Crippen LogP contribution < -0.4 is 9.47 Å². The van der Waals surface area contributed by atoms with Gasteiger partial charge in [-0.05, 0) is 24.3 Å². The molecule has 0 radical (unpaired) electrons. The van der Waals surface area contributed by atoms with Crippen molar-refractivity contribution in [3.05, 3.63) is 47.6 Å². The van der Waals surface area contributed by atoms with Crippen molar-refractivity contribution in [1.29, 1.82) is 0 Å². The lowest BCUT2D eigenvalue weighted by molar-refractivity contribution is 0.399. The van der Waals surface area contributed by atoms with E-state index in [1.807, 2.05) is 36.4 Å². The number of benzene rings is 1. The van der Waals surface area contributed by atoms with E-state index >= 15 is 0 Å². The molecule has 106 valence electrons. The summed E-state index contributed by atoms with van der Waals surface area (Å²) in [5, 5.41) is 1.37. The number of fused-ring (bicyclic) bond motifs is 1. The second-order valence-electron chi connectivity index (χ2n) is 4.41. The molecule has 5 heteroatoms. The van der Waals surface area contributed by atoms with E-state index in [0.717, 1.165) is 16.6 Å². The van der Waals surface area contributed by atoms with Crippen LogP contribution in [-0.2, 0) is 0 Å². The maximum Gasteiger partial charge on any atom is 0.214 e. The van der Waals surface area contributed by atoms with Gasteiger partial charge in [0.25, 0.3) is 0 Å². The number of hydrogen-bond donors (Lipinski definition) is 0. The van der Waals surface area contributed by atoms with Crippen LogP contribution in [0.3, 0.4) is 0 Å². The van der Waals surface area contributed by atoms with Crippen molar-refractivity contribution in [3.63, 3.8) is 0 Å². The summed E-state index contributed by atoms with van der Waals surface area (Å²) < 4.78 is 10.5. The van der Waals surface area contributed by atoms with Gasteiger partial charge in [-0.2, -0.15) is 0 Å². The van der Waals surface area contributed by atoms with E-state index in [9.17, 15) is 0 Å². The van der Waals surface area contributed by atoms with Gasteiger partial charge >= 0.3 is 0 Å². The summed E-state index contributed by atoms with van der Waals surface area (Å²) in [6, 6.07) is 11.4. The fourth-order valence-electron chi connectivity index (χ4n) is 2.21. The lowest BCUT2D eigenvalue weighted by Crippen LogP contribution is -1.94. The highest BCUT2D eigenvalue weighted by molar-refractivity contribution is 6.37. The number of halogens is 1. The first-order valence-electron chi connectivity index (χ1n) is 6.37. The third kappa shape index (κ3) is 2.38. The highest BCUT2D eigenvalue weighted by Crippen LogP contribution is 2.37. The molecule has 0 unspecified atom stereocenters. The zero-order valence-electron chi connectivity index (χ0n) is 11.6. The zero-order chi connectivity index (χ0) is 14.8. The van der Waals surface area contributed by atoms with Crippen molar-refractivity contribution in [3.8, 4) is 22.9 Å². The number of nitrogens with zero attached hydrogens (tertiary/aromatic N) is 2. The largest absolute Gasteiger partial charge is 0.495 e. The summed E-state index contributed by atoms with van der Waals surface area (Å²) >= 11 is 6.37. The maximum absolute atomic E-state index is 6.37. The summed E-state index contributed by atoms with van der Waals surface area (Å²) in [6.07, 6.45) is 1.75. The molecule has 0 aliphatic carbocycles. The standard InChI is InChI=1S/C16H13ClN2O2/c1-20-13-7-6-10-11(12-5-3-4-8-18-12)9-14(21-2)19-16(10)15(13)17/h3-9H,1-2H3. The molecule has 21 heavy (non-hydrogen) atoms. The van der Waals surface area contributed by atoms with Crippen LogP contribution in [0.2, 0.25) is 5.02 Å². The van der Waals surface area contributed by atoms with Crippen molar-refractivity contribution in [2.75, 3.05) is 14.2 Å². The molecule has 0 N–H and O–H groups in total. The molecule has 0 fully saturated rings. The molecular weight excluding hydrogens is 288 g/mol. The number of ether oxygens (including phenoxy) is 2. The van der Waals surface area contributed by atoms with Crippen LogP contribution in [0.1, 0.15) is 0 Å². The van der Waals surface area contributed by atoms with Crippen LogP contribution in [0.4, 0.5) is 0 Å². The Kier molecular flexibility index (Phi) is 3.62. The molecule has 3 aromatic rings. The Balaban J connectivity index is 2.36. The van der Waals surface area contributed by atoms with Gasteiger partial charge < -0.3 is 9.47 Å². The van der Waals surface area contributed by atoms with Gasteiger partial charge in [-0.1, -0.05) is 17.7 Å².